The van der Waals surface area contributed by atoms with Crippen molar-refractivity contribution in [2.45, 2.75) is 53.6 Å². The molecule has 102 valence electrons. The molecule has 0 radical (unpaired) electrons. The lowest BCUT2D eigenvalue weighted by molar-refractivity contribution is 0.240. The maximum atomic E-state index is 11.9. The van der Waals surface area contributed by atoms with Gasteiger partial charge in [-0.15, -0.1) is 0 Å². The molecule has 1 rings (SSSR count). The van der Waals surface area contributed by atoms with Gasteiger partial charge < -0.3 is 5.32 Å². The van der Waals surface area contributed by atoms with Crippen molar-refractivity contribution < 1.29 is 0 Å². The Morgan fingerprint density at radius 1 is 1.44 bits per heavy atom. The molecule has 0 aliphatic heterocycles. The van der Waals surface area contributed by atoms with Crippen molar-refractivity contribution in [3.8, 4) is 0 Å². The molecule has 1 atom stereocenters. The molecule has 0 spiro atoms. The molecule has 0 aliphatic rings. The first-order chi connectivity index (χ1) is 8.34. The summed E-state index contributed by atoms with van der Waals surface area (Å²) in [5.74, 6) is 0. The van der Waals surface area contributed by atoms with Gasteiger partial charge in [-0.1, -0.05) is 27.7 Å². The fourth-order valence-electron chi connectivity index (χ4n) is 1.81. The summed E-state index contributed by atoms with van der Waals surface area (Å²) in [5, 5.41) is 3.51. The highest BCUT2D eigenvalue weighted by Gasteiger charge is 2.24. The predicted molar refractivity (Wildman–Crippen MR) is 74.8 cm³/mol. The van der Waals surface area contributed by atoms with Crippen LogP contribution in [0.15, 0.2) is 17.2 Å². The van der Waals surface area contributed by atoms with Crippen LogP contribution in [0.25, 0.3) is 0 Å². The van der Waals surface area contributed by atoms with E-state index in [0.29, 0.717) is 6.54 Å². The maximum Gasteiger partial charge on any atom is 0.253 e. The van der Waals surface area contributed by atoms with E-state index in [4.69, 9.17) is 0 Å². The second-order valence-corrected chi connectivity index (χ2v) is 5.89. The van der Waals surface area contributed by atoms with Gasteiger partial charge in [0.2, 0.25) is 0 Å². The van der Waals surface area contributed by atoms with Gasteiger partial charge in [0.05, 0.1) is 6.33 Å². The molecular formula is C14H25N3O. The largest absolute Gasteiger partial charge is 0.312 e. The summed E-state index contributed by atoms with van der Waals surface area (Å²) in [4.78, 5) is 16.1. The Hall–Kier alpha value is -1.16. The summed E-state index contributed by atoms with van der Waals surface area (Å²) in [5.41, 5.74) is 0.902. The lowest BCUT2D eigenvalue weighted by atomic mass is 9.86. The standard InChI is InChI=1S/C14H25N3O/c1-6-7-15-12(14(3,4)5)9-17-10-16-11(2)8-13(17)18/h8,10,12,15H,6-7,9H2,1-5H3. The topological polar surface area (TPSA) is 46.9 Å². The van der Waals surface area contributed by atoms with Crippen LogP contribution in [0.4, 0.5) is 0 Å². The van der Waals surface area contributed by atoms with Crippen molar-refractivity contribution in [1.29, 1.82) is 0 Å². The molecule has 0 amide bonds. The van der Waals surface area contributed by atoms with Crippen LogP contribution in [0.2, 0.25) is 0 Å². The highest BCUT2D eigenvalue weighted by Crippen LogP contribution is 2.20. The molecule has 1 unspecified atom stereocenters. The Morgan fingerprint density at radius 3 is 2.61 bits per heavy atom. The van der Waals surface area contributed by atoms with Crippen LogP contribution in [-0.2, 0) is 6.54 Å². The van der Waals surface area contributed by atoms with Gasteiger partial charge in [-0.2, -0.15) is 0 Å². The third kappa shape index (κ3) is 4.26. The summed E-state index contributed by atoms with van der Waals surface area (Å²) < 4.78 is 1.69. The average Bonchev–Trinajstić information content (AvgIpc) is 2.25. The number of hydrogen-bond donors (Lipinski definition) is 1. The molecule has 0 aliphatic carbocycles. The molecule has 1 heterocycles. The summed E-state index contributed by atoms with van der Waals surface area (Å²) in [6.07, 6.45) is 2.73. The Labute approximate surface area is 109 Å². The van der Waals surface area contributed by atoms with E-state index in [-0.39, 0.29) is 17.0 Å². The van der Waals surface area contributed by atoms with Gasteiger partial charge in [-0.05, 0) is 25.3 Å². The Morgan fingerprint density at radius 2 is 2.11 bits per heavy atom. The van der Waals surface area contributed by atoms with Crippen LogP contribution in [-0.4, -0.2) is 22.1 Å². The zero-order valence-corrected chi connectivity index (χ0v) is 12.2. The number of aromatic nitrogens is 2. The smallest absolute Gasteiger partial charge is 0.253 e. The minimum absolute atomic E-state index is 0.0232. The Bertz CT molecular complexity index is 431. The Kier molecular flexibility index (Phi) is 5.08. The van der Waals surface area contributed by atoms with E-state index in [1.54, 1.807) is 17.0 Å². The summed E-state index contributed by atoms with van der Waals surface area (Å²) in [7, 11) is 0. The predicted octanol–water partition coefficient (Wildman–Crippen LogP) is 1.97. The first-order valence-electron chi connectivity index (χ1n) is 6.61. The number of nitrogens with one attached hydrogen (secondary N) is 1. The highest BCUT2D eigenvalue weighted by atomic mass is 16.1. The molecule has 1 N–H and O–H groups in total. The van der Waals surface area contributed by atoms with Gasteiger partial charge in [0.1, 0.15) is 0 Å². The molecular weight excluding hydrogens is 226 g/mol. The van der Waals surface area contributed by atoms with Gasteiger partial charge >= 0.3 is 0 Å². The second kappa shape index (κ2) is 6.14. The number of hydrogen-bond acceptors (Lipinski definition) is 3. The van der Waals surface area contributed by atoms with Crippen molar-refractivity contribution in [2.24, 2.45) is 5.41 Å². The molecule has 18 heavy (non-hydrogen) atoms. The zero-order valence-electron chi connectivity index (χ0n) is 12.2. The van der Waals surface area contributed by atoms with Crippen molar-refractivity contribution >= 4 is 0 Å². The zero-order chi connectivity index (χ0) is 13.8. The van der Waals surface area contributed by atoms with E-state index in [9.17, 15) is 4.79 Å². The van der Waals surface area contributed by atoms with Crippen LogP contribution in [0.5, 0.6) is 0 Å². The lowest BCUT2D eigenvalue weighted by Crippen LogP contribution is -2.45. The summed E-state index contributed by atoms with van der Waals surface area (Å²) in [6.45, 7) is 12.2. The molecule has 0 aromatic carbocycles. The first-order valence-corrected chi connectivity index (χ1v) is 6.61. The highest BCUT2D eigenvalue weighted by molar-refractivity contribution is 4.97. The van der Waals surface area contributed by atoms with Crippen LogP contribution in [0.3, 0.4) is 0 Å². The minimum Gasteiger partial charge on any atom is -0.312 e. The van der Waals surface area contributed by atoms with E-state index < -0.39 is 0 Å². The van der Waals surface area contributed by atoms with Crippen molar-refractivity contribution in [3.05, 3.63) is 28.4 Å². The van der Waals surface area contributed by atoms with Crippen LogP contribution in [0.1, 0.15) is 39.8 Å². The third-order valence-corrected chi connectivity index (χ3v) is 3.08. The van der Waals surface area contributed by atoms with E-state index >= 15 is 0 Å². The molecule has 1 aromatic rings. The molecule has 0 bridgehead atoms. The molecule has 0 saturated heterocycles. The first kappa shape index (κ1) is 14.9. The molecule has 4 heteroatoms. The number of aryl methyl sites for hydroxylation is 1. The normalized spacial score (nSPS) is 13.6. The number of rotatable bonds is 5. The second-order valence-electron chi connectivity index (χ2n) is 5.89. The fraction of sp³-hybridized carbons (Fsp3) is 0.714. The van der Waals surface area contributed by atoms with Crippen molar-refractivity contribution in [3.63, 3.8) is 0 Å². The van der Waals surface area contributed by atoms with Crippen LogP contribution < -0.4 is 10.9 Å². The quantitative estimate of drug-likeness (QED) is 0.870. The van der Waals surface area contributed by atoms with Crippen molar-refractivity contribution in [2.75, 3.05) is 6.54 Å². The summed E-state index contributed by atoms with van der Waals surface area (Å²) >= 11 is 0. The van der Waals surface area contributed by atoms with Gasteiger partial charge in [0.15, 0.2) is 0 Å². The lowest BCUT2D eigenvalue weighted by Gasteiger charge is -2.32. The molecule has 0 saturated carbocycles. The minimum atomic E-state index is 0.0232. The Balaban J connectivity index is 2.86. The SMILES string of the molecule is CCCNC(Cn1cnc(C)cc1=O)C(C)(C)C. The maximum absolute atomic E-state index is 11.9. The van der Waals surface area contributed by atoms with Crippen molar-refractivity contribution in [1.82, 2.24) is 14.9 Å². The third-order valence-electron chi connectivity index (χ3n) is 3.08. The van der Waals surface area contributed by atoms with Gasteiger partial charge in [0.25, 0.3) is 5.56 Å². The number of nitrogens with zero attached hydrogens (tertiary/aromatic N) is 2. The molecule has 4 nitrogen and oxygen atoms in total. The van der Waals surface area contributed by atoms with Crippen LogP contribution >= 0.6 is 0 Å². The molecule has 0 fully saturated rings. The van der Waals surface area contributed by atoms with E-state index in [1.165, 1.54) is 0 Å². The summed E-state index contributed by atoms with van der Waals surface area (Å²) in [6, 6.07) is 1.85. The monoisotopic (exact) mass is 251 g/mol. The van der Waals surface area contributed by atoms with Crippen LogP contribution in [0, 0.1) is 12.3 Å². The van der Waals surface area contributed by atoms with E-state index in [0.717, 1.165) is 18.7 Å². The van der Waals surface area contributed by atoms with E-state index in [1.807, 2.05) is 6.92 Å². The van der Waals surface area contributed by atoms with Gasteiger partial charge in [-0.3, -0.25) is 9.36 Å². The average molecular weight is 251 g/mol. The molecule has 1 aromatic heterocycles. The van der Waals surface area contributed by atoms with E-state index in [2.05, 4.69) is 38.0 Å². The van der Waals surface area contributed by atoms with Gasteiger partial charge in [0, 0.05) is 24.3 Å². The fourth-order valence-corrected chi connectivity index (χ4v) is 1.81. The van der Waals surface area contributed by atoms with Gasteiger partial charge in [-0.25, -0.2) is 4.98 Å².